The van der Waals surface area contributed by atoms with Crippen LogP contribution in [-0.4, -0.2) is 19.2 Å². The van der Waals surface area contributed by atoms with E-state index in [1.54, 1.807) is 12.1 Å². The quantitative estimate of drug-likeness (QED) is 0.907. The lowest BCUT2D eigenvalue weighted by atomic mass is 9.97. The number of nitrogens with one attached hydrogen (secondary N) is 2. The van der Waals surface area contributed by atoms with Gasteiger partial charge in [-0.05, 0) is 30.2 Å². The normalized spacial score (nSPS) is 16.3. The summed E-state index contributed by atoms with van der Waals surface area (Å²) in [6.07, 6.45) is 0.905. The molecule has 2 aromatic carbocycles. The molecule has 0 radical (unpaired) electrons. The zero-order valence-corrected chi connectivity index (χ0v) is 12.8. The third kappa shape index (κ3) is 3.52. The Hall–Kier alpha value is -2.20. The molecule has 1 heterocycles. The number of benzene rings is 2. The van der Waals surface area contributed by atoms with Gasteiger partial charge in [0.2, 0.25) is 0 Å². The molecule has 0 aliphatic carbocycles. The Labute approximate surface area is 134 Å². The van der Waals surface area contributed by atoms with E-state index in [2.05, 4.69) is 16.7 Å². The van der Waals surface area contributed by atoms with E-state index in [9.17, 15) is 4.79 Å². The Morgan fingerprint density at radius 3 is 2.82 bits per heavy atom. The number of anilines is 1. The molecule has 2 N–H and O–H groups in total. The van der Waals surface area contributed by atoms with Crippen molar-refractivity contribution in [3.05, 3.63) is 59.1 Å². The first-order chi connectivity index (χ1) is 10.7. The summed E-state index contributed by atoms with van der Waals surface area (Å²) in [4.78, 5) is 11.9. The second-order valence-electron chi connectivity index (χ2n) is 5.30. The molecule has 22 heavy (non-hydrogen) atoms. The zero-order chi connectivity index (χ0) is 15.4. The van der Waals surface area contributed by atoms with Crippen molar-refractivity contribution < 1.29 is 9.53 Å². The van der Waals surface area contributed by atoms with Crippen LogP contribution in [0.15, 0.2) is 48.5 Å². The van der Waals surface area contributed by atoms with Gasteiger partial charge in [0.05, 0.1) is 17.3 Å². The summed E-state index contributed by atoms with van der Waals surface area (Å²) in [5.41, 5.74) is 1.79. The summed E-state index contributed by atoms with van der Waals surface area (Å²) in [7, 11) is 0. The molecule has 1 aliphatic rings. The number of hydrogen-bond donors (Lipinski definition) is 2. The third-order valence-corrected chi connectivity index (χ3v) is 3.96. The Kier molecular flexibility index (Phi) is 4.49. The van der Waals surface area contributed by atoms with Crippen molar-refractivity contribution in [3.8, 4) is 5.75 Å². The fraction of sp³-hybridized carbons (Fsp3) is 0.235. The molecule has 0 spiro atoms. The van der Waals surface area contributed by atoms with Gasteiger partial charge >= 0.3 is 6.03 Å². The van der Waals surface area contributed by atoms with Gasteiger partial charge in [-0.25, -0.2) is 4.79 Å². The van der Waals surface area contributed by atoms with Crippen LogP contribution >= 0.6 is 11.6 Å². The Bertz CT molecular complexity index is 675. The third-order valence-electron chi connectivity index (χ3n) is 3.63. The predicted octanol–water partition coefficient (Wildman–Crippen LogP) is 3.71. The molecule has 1 unspecified atom stereocenters. The summed E-state index contributed by atoms with van der Waals surface area (Å²) >= 11 is 6.01. The van der Waals surface area contributed by atoms with Crippen LogP contribution in [0.1, 0.15) is 5.56 Å². The summed E-state index contributed by atoms with van der Waals surface area (Å²) in [6, 6.07) is 14.9. The van der Waals surface area contributed by atoms with E-state index in [1.807, 2.05) is 30.3 Å². The van der Waals surface area contributed by atoms with Gasteiger partial charge in [0.15, 0.2) is 0 Å². The molecule has 1 aliphatic heterocycles. The van der Waals surface area contributed by atoms with Crippen molar-refractivity contribution in [2.24, 2.45) is 5.92 Å². The van der Waals surface area contributed by atoms with E-state index in [-0.39, 0.29) is 11.9 Å². The van der Waals surface area contributed by atoms with Crippen molar-refractivity contribution in [1.29, 1.82) is 0 Å². The molecular formula is C17H17ClN2O2. The van der Waals surface area contributed by atoms with Gasteiger partial charge in [0, 0.05) is 12.5 Å². The van der Waals surface area contributed by atoms with Gasteiger partial charge < -0.3 is 15.4 Å². The number of carbonyl (C=O) groups is 1. The summed E-state index contributed by atoms with van der Waals surface area (Å²) in [5.74, 6) is 1.21. The smallest absolute Gasteiger partial charge is 0.319 e. The number of para-hydroxylation sites is 2. The lowest BCUT2D eigenvalue weighted by molar-refractivity contribution is 0.215. The number of amides is 2. The molecule has 0 aromatic heterocycles. The van der Waals surface area contributed by atoms with Gasteiger partial charge in [-0.15, -0.1) is 0 Å². The number of hydrogen-bond acceptors (Lipinski definition) is 2. The van der Waals surface area contributed by atoms with E-state index in [0.29, 0.717) is 23.9 Å². The monoisotopic (exact) mass is 316 g/mol. The van der Waals surface area contributed by atoms with Crippen LogP contribution in [0.25, 0.3) is 0 Å². The van der Waals surface area contributed by atoms with Crippen LogP contribution in [-0.2, 0) is 6.42 Å². The van der Waals surface area contributed by atoms with E-state index < -0.39 is 0 Å². The van der Waals surface area contributed by atoms with Crippen molar-refractivity contribution in [1.82, 2.24) is 5.32 Å². The molecule has 114 valence electrons. The lowest BCUT2D eigenvalue weighted by Gasteiger charge is -2.25. The van der Waals surface area contributed by atoms with Crippen LogP contribution < -0.4 is 15.4 Å². The Morgan fingerprint density at radius 1 is 1.18 bits per heavy atom. The van der Waals surface area contributed by atoms with Gasteiger partial charge in [-0.2, -0.15) is 0 Å². The van der Waals surface area contributed by atoms with Crippen LogP contribution in [0.2, 0.25) is 5.02 Å². The molecule has 0 saturated heterocycles. The highest BCUT2D eigenvalue weighted by molar-refractivity contribution is 6.33. The Morgan fingerprint density at radius 2 is 1.95 bits per heavy atom. The van der Waals surface area contributed by atoms with Crippen molar-refractivity contribution in [3.63, 3.8) is 0 Å². The van der Waals surface area contributed by atoms with Crippen LogP contribution in [0.5, 0.6) is 5.75 Å². The molecule has 0 saturated carbocycles. The first-order valence-electron chi connectivity index (χ1n) is 7.22. The highest BCUT2D eigenvalue weighted by Gasteiger charge is 2.20. The maximum atomic E-state index is 11.9. The molecule has 4 nitrogen and oxygen atoms in total. The lowest BCUT2D eigenvalue weighted by Crippen LogP contribution is -2.37. The minimum Gasteiger partial charge on any atom is -0.493 e. The van der Waals surface area contributed by atoms with E-state index in [1.165, 1.54) is 5.56 Å². The van der Waals surface area contributed by atoms with Crippen molar-refractivity contribution in [2.45, 2.75) is 6.42 Å². The molecular weight excluding hydrogens is 300 g/mol. The topological polar surface area (TPSA) is 50.4 Å². The molecule has 2 aromatic rings. The minimum atomic E-state index is -0.257. The van der Waals surface area contributed by atoms with Crippen molar-refractivity contribution in [2.75, 3.05) is 18.5 Å². The summed E-state index contributed by atoms with van der Waals surface area (Å²) < 4.78 is 5.71. The molecule has 3 rings (SSSR count). The van der Waals surface area contributed by atoms with Crippen LogP contribution in [0, 0.1) is 5.92 Å². The molecule has 2 amide bonds. The number of urea groups is 1. The van der Waals surface area contributed by atoms with Crippen molar-refractivity contribution >= 4 is 23.3 Å². The molecule has 0 fully saturated rings. The van der Waals surface area contributed by atoms with E-state index >= 15 is 0 Å². The largest absolute Gasteiger partial charge is 0.493 e. The predicted molar refractivity (Wildman–Crippen MR) is 87.6 cm³/mol. The van der Waals surface area contributed by atoms with Gasteiger partial charge in [-0.3, -0.25) is 0 Å². The van der Waals surface area contributed by atoms with Crippen LogP contribution in [0.4, 0.5) is 10.5 Å². The fourth-order valence-corrected chi connectivity index (χ4v) is 2.67. The molecule has 0 bridgehead atoms. The Balaban J connectivity index is 1.51. The highest BCUT2D eigenvalue weighted by Crippen LogP contribution is 2.26. The van der Waals surface area contributed by atoms with Gasteiger partial charge in [0.1, 0.15) is 5.75 Å². The summed E-state index contributed by atoms with van der Waals surface area (Å²) in [6.45, 7) is 1.17. The zero-order valence-electron chi connectivity index (χ0n) is 12.0. The number of halogens is 1. The number of fused-ring (bicyclic) bond motifs is 1. The second-order valence-corrected chi connectivity index (χ2v) is 5.71. The van der Waals surface area contributed by atoms with E-state index in [4.69, 9.17) is 16.3 Å². The number of ether oxygens (including phenoxy) is 1. The average molecular weight is 317 g/mol. The first-order valence-corrected chi connectivity index (χ1v) is 7.60. The van der Waals surface area contributed by atoms with Crippen LogP contribution in [0.3, 0.4) is 0 Å². The SMILES string of the molecule is O=C(NCC1COc2ccccc2C1)Nc1ccccc1Cl. The van der Waals surface area contributed by atoms with E-state index in [0.717, 1.165) is 12.2 Å². The second kappa shape index (κ2) is 6.71. The molecule has 1 atom stereocenters. The average Bonchev–Trinajstić information content (AvgIpc) is 2.55. The van der Waals surface area contributed by atoms with Gasteiger partial charge in [-0.1, -0.05) is 41.9 Å². The maximum absolute atomic E-state index is 11.9. The maximum Gasteiger partial charge on any atom is 0.319 e. The first kappa shape index (κ1) is 14.7. The standard InChI is InChI=1S/C17H17ClN2O2/c18-14-6-2-3-7-15(14)20-17(21)19-10-12-9-13-5-1-4-8-16(13)22-11-12/h1-8,12H,9-11H2,(H2,19,20,21). The van der Waals surface area contributed by atoms with Gasteiger partial charge in [0.25, 0.3) is 0 Å². The summed E-state index contributed by atoms with van der Waals surface area (Å²) in [5, 5.41) is 6.14. The minimum absolute atomic E-state index is 0.257. The number of carbonyl (C=O) groups excluding carboxylic acids is 1. The number of rotatable bonds is 3. The highest BCUT2D eigenvalue weighted by atomic mass is 35.5. The molecule has 5 heteroatoms. The fourth-order valence-electron chi connectivity index (χ4n) is 2.49.